The monoisotopic (exact) mass is 155 g/mol. The summed E-state index contributed by atoms with van der Waals surface area (Å²) in [6, 6.07) is 3.61. The van der Waals surface area contributed by atoms with E-state index in [0.29, 0.717) is 0 Å². The first kappa shape index (κ1) is 8.30. The molecule has 0 amide bonds. The van der Waals surface area contributed by atoms with Gasteiger partial charge in [0.25, 0.3) is 0 Å². The highest BCUT2D eigenvalue weighted by Crippen LogP contribution is 2.17. The number of nitrogens with one attached hydrogen (secondary N) is 1. The molecule has 0 fully saturated rings. The average molecular weight is 155 g/mol. The molecule has 0 aliphatic rings. The van der Waals surface area contributed by atoms with Gasteiger partial charge in [-0.25, -0.2) is 0 Å². The van der Waals surface area contributed by atoms with E-state index in [9.17, 15) is 0 Å². The van der Waals surface area contributed by atoms with Gasteiger partial charge in [0.1, 0.15) is 5.76 Å². The van der Waals surface area contributed by atoms with E-state index in [1.165, 1.54) is 0 Å². The molecule has 1 aromatic rings. The first-order valence-corrected chi connectivity index (χ1v) is 3.81. The van der Waals surface area contributed by atoms with Crippen LogP contribution in [0.2, 0.25) is 0 Å². The molecule has 0 radical (unpaired) electrons. The molecule has 0 unspecified atom stereocenters. The van der Waals surface area contributed by atoms with Crippen molar-refractivity contribution in [2.75, 3.05) is 0 Å². The van der Waals surface area contributed by atoms with Gasteiger partial charge in [0.2, 0.25) is 0 Å². The maximum Gasteiger partial charge on any atom is 0.122 e. The Morgan fingerprint density at radius 1 is 1.73 bits per heavy atom. The Kier molecular flexibility index (Phi) is 3.14. The molecular weight excluding hydrogens is 142 g/mol. The Balaban J connectivity index is 2.56. The average Bonchev–Trinajstić information content (AvgIpc) is 2.52. The van der Waals surface area contributed by atoms with Crippen LogP contribution in [0.5, 0.6) is 0 Å². The molecule has 0 saturated heterocycles. The molecular formula is C8H13NO2. The first-order chi connectivity index (χ1) is 5.38. The maximum atomic E-state index is 8.72. The number of hydrogen-bond donors (Lipinski definition) is 2. The van der Waals surface area contributed by atoms with Crippen molar-refractivity contribution in [2.24, 2.45) is 0 Å². The summed E-state index contributed by atoms with van der Waals surface area (Å²) < 4.78 is 5.12. The topological polar surface area (TPSA) is 45.4 Å². The van der Waals surface area contributed by atoms with E-state index in [2.05, 4.69) is 12.4 Å². The Labute approximate surface area is 66.0 Å². The van der Waals surface area contributed by atoms with Crippen molar-refractivity contribution in [3.05, 3.63) is 24.2 Å². The van der Waals surface area contributed by atoms with Crippen molar-refractivity contribution in [2.45, 2.75) is 25.8 Å². The first-order valence-electron chi connectivity index (χ1n) is 3.81. The van der Waals surface area contributed by atoms with Crippen molar-refractivity contribution in [1.82, 2.24) is 5.48 Å². The zero-order chi connectivity index (χ0) is 8.10. The lowest BCUT2D eigenvalue weighted by Crippen LogP contribution is -2.15. The SMILES string of the molecule is CCC[C@H](NO)c1ccco1. The summed E-state index contributed by atoms with van der Waals surface area (Å²) in [4.78, 5) is 0. The molecule has 0 aliphatic heterocycles. The maximum absolute atomic E-state index is 8.72. The highest BCUT2D eigenvalue weighted by molar-refractivity contribution is 5.03. The number of hydroxylamine groups is 1. The molecule has 3 heteroatoms. The van der Waals surface area contributed by atoms with E-state index < -0.39 is 0 Å². The van der Waals surface area contributed by atoms with Crippen LogP contribution in [0.1, 0.15) is 31.6 Å². The molecule has 1 heterocycles. The Morgan fingerprint density at radius 3 is 3.00 bits per heavy atom. The van der Waals surface area contributed by atoms with E-state index >= 15 is 0 Å². The smallest absolute Gasteiger partial charge is 0.122 e. The molecule has 0 spiro atoms. The van der Waals surface area contributed by atoms with Gasteiger partial charge in [-0.3, -0.25) is 0 Å². The third-order valence-electron chi connectivity index (χ3n) is 1.62. The fourth-order valence-electron chi connectivity index (χ4n) is 1.05. The highest BCUT2D eigenvalue weighted by atomic mass is 16.5. The Hall–Kier alpha value is -0.800. The molecule has 0 aromatic carbocycles. The summed E-state index contributed by atoms with van der Waals surface area (Å²) in [7, 11) is 0. The highest BCUT2D eigenvalue weighted by Gasteiger charge is 2.10. The van der Waals surface area contributed by atoms with E-state index in [4.69, 9.17) is 9.62 Å². The minimum absolute atomic E-state index is 0.0602. The van der Waals surface area contributed by atoms with Crippen LogP contribution in [-0.4, -0.2) is 5.21 Å². The van der Waals surface area contributed by atoms with Gasteiger partial charge in [-0.15, -0.1) is 0 Å². The third-order valence-corrected chi connectivity index (χ3v) is 1.62. The van der Waals surface area contributed by atoms with Crippen molar-refractivity contribution >= 4 is 0 Å². The Morgan fingerprint density at radius 2 is 2.55 bits per heavy atom. The van der Waals surface area contributed by atoms with Gasteiger partial charge in [-0.2, -0.15) is 5.48 Å². The minimum atomic E-state index is -0.0602. The van der Waals surface area contributed by atoms with Crippen LogP contribution in [0, 0.1) is 0 Å². The molecule has 1 atom stereocenters. The summed E-state index contributed by atoms with van der Waals surface area (Å²) >= 11 is 0. The summed E-state index contributed by atoms with van der Waals surface area (Å²) in [6.07, 6.45) is 3.50. The van der Waals surface area contributed by atoms with Crippen LogP contribution in [0.15, 0.2) is 22.8 Å². The van der Waals surface area contributed by atoms with Gasteiger partial charge in [0.05, 0.1) is 12.3 Å². The number of furan rings is 1. The van der Waals surface area contributed by atoms with E-state index in [1.807, 2.05) is 12.1 Å². The molecule has 0 bridgehead atoms. The summed E-state index contributed by atoms with van der Waals surface area (Å²) in [6.45, 7) is 2.06. The lowest BCUT2D eigenvalue weighted by molar-refractivity contribution is 0.111. The second-order valence-corrected chi connectivity index (χ2v) is 2.49. The fourth-order valence-corrected chi connectivity index (χ4v) is 1.05. The Bertz CT molecular complexity index is 184. The van der Waals surface area contributed by atoms with Crippen LogP contribution in [0.3, 0.4) is 0 Å². The second kappa shape index (κ2) is 4.16. The fraction of sp³-hybridized carbons (Fsp3) is 0.500. The predicted molar refractivity (Wildman–Crippen MR) is 41.3 cm³/mol. The van der Waals surface area contributed by atoms with E-state index in [1.54, 1.807) is 6.26 Å². The van der Waals surface area contributed by atoms with Crippen molar-refractivity contribution < 1.29 is 9.62 Å². The van der Waals surface area contributed by atoms with Gasteiger partial charge in [-0.1, -0.05) is 13.3 Å². The zero-order valence-corrected chi connectivity index (χ0v) is 6.58. The van der Waals surface area contributed by atoms with Crippen molar-refractivity contribution in [3.63, 3.8) is 0 Å². The van der Waals surface area contributed by atoms with E-state index in [0.717, 1.165) is 18.6 Å². The summed E-state index contributed by atoms with van der Waals surface area (Å²) in [5.74, 6) is 0.786. The van der Waals surface area contributed by atoms with Crippen molar-refractivity contribution in [3.8, 4) is 0 Å². The third kappa shape index (κ3) is 2.06. The van der Waals surface area contributed by atoms with Gasteiger partial charge in [0.15, 0.2) is 0 Å². The molecule has 0 saturated carbocycles. The molecule has 62 valence electrons. The largest absolute Gasteiger partial charge is 0.468 e. The summed E-state index contributed by atoms with van der Waals surface area (Å²) in [5.41, 5.74) is 2.21. The van der Waals surface area contributed by atoms with Gasteiger partial charge in [0, 0.05) is 0 Å². The molecule has 1 aromatic heterocycles. The van der Waals surface area contributed by atoms with Crippen molar-refractivity contribution in [1.29, 1.82) is 0 Å². The van der Waals surface area contributed by atoms with Gasteiger partial charge in [-0.05, 0) is 18.6 Å². The zero-order valence-electron chi connectivity index (χ0n) is 6.58. The summed E-state index contributed by atoms with van der Waals surface area (Å²) in [5, 5.41) is 8.72. The van der Waals surface area contributed by atoms with Crippen LogP contribution >= 0.6 is 0 Å². The number of hydrogen-bond acceptors (Lipinski definition) is 3. The van der Waals surface area contributed by atoms with Crippen LogP contribution in [0.25, 0.3) is 0 Å². The van der Waals surface area contributed by atoms with Gasteiger partial charge < -0.3 is 9.62 Å². The number of rotatable bonds is 4. The quantitative estimate of drug-likeness (QED) is 0.654. The van der Waals surface area contributed by atoms with Crippen LogP contribution in [0.4, 0.5) is 0 Å². The lowest BCUT2D eigenvalue weighted by Gasteiger charge is -2.09. The van der Waals surface area contributed by atoms with Crippen LogP contribution in [-0.2, 0) is 0 Å². The molecule has 2 N–H and O–H groups in total. The second-order valence-electron chi connectivity index (χ2n) is 2.49. The molecule has 1 rings (SSSR count). The van der Waals surface area contributed by atoms with Gasteiger partial charge >= 0.3 is 0 Å². The molecule has 3 nitrogen and oxygen atoms in total. The van der Waals surface area contributed by atoms with E-state index in [-0.39, 0.29) is 6.04 Å². The van der Waals surface area contributed by atoms with Crippen LogP contribution < -0.4 is 5.48 Å². The molecule has 11 heavy (non-hydrogen) atoms. The minimum Gasteiger partial charge on any atom is -0.468 e. The normalized spacial score (nSPS) is 13.3. The lowest BCUT2D eigenvalue weighted by atomic mass is 10.1. The predicted octanol–water partition coefficient (Wildman–Crippen LogP) is 2.10. The standard InChI is InChI=1S/C8H13NO2/c1-2-4-7(9-10)8-5-3-6-11-8/h3,5-7,9-10H,2,4H2,1H3/t7-/m0/s1. The molecule has 0 aliphatic carbocycles.